The van der Waals surface area contributed by atoms with Crippen LogP contribution in [0.2, 0.25) is 0 Å². The zero-order valence-corrected chi connectivity index (χ0v) is 16.3. The van der Waals surface area contributed by atoms with Gasteiger partial charge >= 0.3 is 0 Å². The second-order valence-corrected chi connectivity index (χ2v) is 6.92. The summed E-state index contributed by atoms with van der Waals surface area (Å²) in [5.41, 5.74) is 2.12. The number of carbonyl (C=O) groups excluding carboxylic acids is 2. The number of benzene rings is 2. The highest BCUT2D eigenvalue weighted by molar-refractivity contribution is 5.89. The Morgan fingerprint density at radius 1 is 1.07 bits per heavy atom. The molecule has 0 bridgehead atoms. The van der Waals surface area contributed by atoms with Crippen molar-refractivity contribution in [2.24, 2.45) is 5.92 Å². The van der Waals surface area contributed by atoms with Gasteiger partial charge in [-0.05, 0) is 41.8 Å². The molecule has 1 unspecified atom stereocenters. The van der Waals surface area contributed by atoms with E-state index in [1.54, 1.807) is 19.1 Å². The van der Waals surface area contributed by atoms with Crippen molar-refractivity contribution >= 4 is 11.8 Å². The minimum atomic E-state index is -0.295. The quantitative estimate of drug-likeness (QED) is 0.761. The smallest absolute Gasteiger partial charge is 0.225 e. The van der Waals surface area contributed by atoms with E-state index in [0.717, 1.165) is 29.0 Å². The molecule has 2 aromatic carbocycles. The van der Waals surface area contributed by atoms with Crippen molar-refractivity contribution in [1.82, 2.24) is 10.2 Å². The van der Waals surface area contributed by atoms with Gasteiger partial charge in [-0.25, -0.2) is 0 Å². The topological polar surface area (TPSA) is 67.9 Å². The van der Waals surface area contributed by atoms with E-state index in [1.807, 2.05) is 48.5 Å². The first-order chi connectivity index (χ1) is 13.6. The second kappa shape index (κ2) is 9.26. The molecule has 1 saturated heterocycles. The van der Waals surface area contributed by atoms with Gasteiger partial charge in [0, 0.05) is 26.1 Å². The molecule has 2 amide bonds. The van der Waals surface area contributed by atoms with Crippen molar-refractivity contribution in [2.45, 2.75) is 19.4 Å². The van der Waals surface area contributed by atoms with E-state index < -0.39 is 0 Å². The maximum absolute atomic E-state index is 12.5. The molecule has 6 nitrogen and oxygen atoms in total. The van der Waals surface area contributed by atoms with Crippen LogP contribution in [0.3, 0.4) is 0 Å². The lowest BCUT2D eigenvalue weighted by Crippen LogP contribution is -2.34. The summed E-state index contributed by atoms with van der Waals surface area (Å²) >= 11 is 0. The van der Waals surface area contributed by atoms with E-state index >= 15 is 0 Å². The first kappa shape index (κ1) is 19.7. The van der Waals surface area contributed by atoms with Crippen molar-refractivity contribution < 1.29 is 19.1 Å². The van der Waals surface area contributed by atoms with Crippen LogP contribution in [-0.2, 0) is 22.6 Å². The molecule has 1 fully saturated rings. The third-order valence-electron chi connectivity index (χ3n) is 4.96. The zero-order chi connectivity index (χ0) is 19.9. The lowest BCUT2D eigenvalue weighted by atomic mass is 10.1. The minimum Gasteiger partial charge on any atom is -0.497 e. The normalized spacial score (nSPS) is 16.1. The number of ether oxygens (including phenoxy) is 2. The van der Waals surface area contributed by atoms with Crippen LogP contribution in [0, 0.1) is 5.92 Å². The highest BCUT2D eigenvalue weighted by Gasteiger charge is 2.34. The minimum absolute atomic E-state index is 0.0174. The summed E-state index contributed by atoms with van der Waals surface area (Å²) in [6.07, 6.45) is 0.986. The summed E-state index contributed by atoms with van der Waals surface area (Å²) in [6, 6.07) is 15.4. The Morgan fingerprint density at radius 2 is 1.82 bits per heavy atom. The number of amides is 2. The summed E-state index contributed by atoms with van der Waals surface area (Å²) in [5, 5.41) is 2.96. The lowest BCUT2D eigenvalue weighted by Gasteiger charge is -2.17. The Bertz CT molecular complexity index is 820. The molecule has 0 spiro atoms. The van der Waals surface area contributed by atoms with Gasteiger partial charge in [0.2, 0.25) is 11.8 Å². The first-order valence-electron chi connectivity index (χ1n) is 9.40. The van der Waals surface area contributed by atoms with Crippen LogP contribution in [0.15, 0.2) is 48.5 Å². The van der Waals surface area contributed by atoms with Crippen LogP contribution >= 0.6 is 0 Å². The number of likely N-dealkylation sites (tertiary alicyclic amines) is 1. The highest BCUT2D eigenvalue weighted by Crippen LogP contribution is 2.21. The number of nitrogens with one attached hydrogen (secondary N) is 1. The van der Waals surface area contributed by atoms with E-state index in [-0.39, 0.29) is 24.2 Å². The number of nitrogens with zero attached hydrogens (tertiary/aromatic N) is 1. The van der Waals surface area contributed by atoms with Crippen molar-refractivity contribution in [2.75, 3.05) is 27.3 Å². The van der Waals surface area contributed by atoms with Crippen molar-refractivity contribution in [3.8, 4) is 11.5 Å². The van der Waals surface area contributed by atoms with Crippen LogP contribution in [0.1, 0.15) is 17.5 Å². The van der Waals surface area contributed by atoms with Crippen LogP contribution in [0.4, 0.5) is 0 Å². The Balaban J connectivity index is 1.47. The zero-order valence-electron chi connectivity index (χ0n) is 16.3. The van der Waals surface area contributed by atoms with Gasteiger partial charge in [-0.15, -0.1) is 0 Å². The fraction of sp³-hybridized carbons (Fsp3) is 0.364. The van der Waals surface area contributed by atoms with E-state index in [2.05, 4.69) is 5.32 Å². The molecule has 1 heterocycles. The molecule has 0 saturated carbocycles. The molecular formula is C22H26N2O4. The van der Waals surface area contributed by atoms with Crippen LogP contribution in [0.25, 0.3) is 0 Å². The van der Waals surface area contributed by atoms with Crippen molar-refractivity contribution in [1.29, 1.82) is 0 Å². The lowest BCUT2D eigenvalue weighted by molar-refractivity contribution is -0.129. The van der Waals surface area contributed by atoms with E-state index in [9.17, 15) is 9.59 Å². The molecule has 0 radical (unpaired) electrons. The number of methoxy groups -OCH3 is 2. The molecule has 6 heteroatoms. The number of hydrogen-bond acceptors (Lipinski definition) is 4. The number of rotatable bonds is 8. The van der Waals surface area contributed by atoms with E-state index in [1.165, 1.54) is 0 Å². The summed E-state index contributed by atoms with van der Waals surface area (Å²) in [7, 11) is 3.26. The monoisotopic (exact) mass is 382 g/mol. The summed E-state index contributed by atoms with van der Waals surface area (Å²) in [6.45, 7) is 1.50. The van der Waals surface area contributed by atoms with Crippen molar-refractivity contribution in [3.05, 3.63) is 59.7 Å². The van der Waals surface area contributed by atoms with Gasteiger partial charge in [-0.1, -0.05) is 24.3 Å². The number of carbonyl (C=O) groups is 2. The van der Waals surface area contributed by atoms with Gasteiger partial charge in [0.15, 0.2) is 0 Å². The third kappa shape index (κ3) is 5.03. The Morgan fingerprint density at radius 3 is 2.54 bits per heavy atom. The van der Waals surface area contributed by atoms with E-state index in [0.29, 0.717) is 19.6 Å². The van der Waals surface area contributed by atoms with Crippen molar-refractivity contribution in [3.63, 3.8) is 0 Å². The summed E-state index contributed by atoms with van der Waals surface area (Å²) in [5.74, 6) is 1.25. The van der Waals surface area contributed by atoms with Gasteiger partial charge < -0.3 is 19.7 Å². The van der Waals surface area contributed by atoms with Crippen LogP contribution < -0.4 is 14.8 Å². The summed E-state index contributed by atoms with van der Waals surface area (Å²) < 4.78 is 10.4. The van der Waals surface area contributed by atoms with Gasteiger partial charge in [-0.3, -0.25) is 9.59 Å². The maximum Gasteiger partial charge on any atom is 0.225 e. The Hall–Kier alpha value is -3.02. The molecule has 3 rings (SSSR count). The van der Waals surface area contributed by atoms with E-state index in [4.69, 9.17) is 9.47 Å². The van der Waals surface area contributed by atoms with Gasteiger partial charge in [0.25, 0.3) is 0 Å². The predicted octanol–water partition coefficient (Wildman–Crippen LogP) is 2.41. The third-order valence-corrected chi connectivity index (χ3v) is 4.96. The highest BCUT2D eigenvalue weighted by atomic mass is 16.5. The molecule has 1 aliphatic heterocycles. The number of hydrogen-bond donors (Lipinski definition) is 1. The molecule has 1 atom stereocenters. The Kier molecular flexibility index (Phi) is 6.53. The molecule has 0 aliphatic carbocycles. The molecular weight excluding hydrogens is 356 g/mol. The SMILES string of the molecule is COc1ccc(CN2CC(C(=O)NCCc3cccc(OC)c3)CC2=O)cc1. The standard InChI is InChI=1S/C22H26N2O4/c1-27-19-8-6-17(7-9-19)14-24-15-18(13-21(24)25)22(26)23-11-10-16-4-3-5-20(12-16)28-2/h3-9,12,18H,10-11,13-15H2,1-2H3,(H,23,26). The van der Waals surface area contributed by atoms with Gasteiger partial charge in [-0.2, -0.15) is 0 Å². The fourth-order valence-corrected chi connectivity index (χ4v) is 3.35. The van der Waals surface area contributed by atoms with Gasteiger partial charge in [0.05, 0.1) is 20.1 Å². The van der Waals surface area contributed by atoms with Crippen LogP contribution in [-0.4, -0.2) is 44.0 Å². The first-order valence-corrected chi connectivity index (χ1v) is 9.40. The largest absolute Gasteiger partial charge is 0.497 e. The second-order valence-electron chi connectivity index (χ2n) is 6.92. The molecule has 2 aromatic rings. The van der Waals surface area contributed by atoms with Crippen LogP contribution in [0.5, 0.6) is 11.5 Å². The Labute approximate surface area is 165 Å². The summed E-state index contributed by atoms with van der Waals surface area (Å²) in [4.78, 5) is 26.5. The molecule has 1 aliphatic rings. The average Bonchev–Trinajstić information content (AvgIpc) is 3.09. The fourth-order valence-electron chi connectivity index (χ4n) is 3.35. The van der Waals surface area contributed by atoms with Gasteiger partial charge in [0.1, 0.15) is 11.5 Å². The molecule has 148 valence electrons. The molecule has 28 heavy (non-hydrogen) atoms. The molecule has 0 aromatic heterocycles. The maximum atomic E-state index is 12.5. The molecule has 1 N–H and O–H groups in total. The predicted molar refractivity (Wildman–Crippen MR) is 106 cm³/mol. The average molecular weight is 382 g/mol.